The average Bonchev–Trinajstić information content (AvgIpc) is 2.51. The first-order valence-corrected chi connectivity index (χ1v) is 8.77. The van der Waals surface area contributed by atoms with Gasteiger partial charge >= 0.3 is 0 Å². The molecule has 0 bridgehead atoms. The first-order chi connectivity index (χ1) is 10.1. The second-order valence-corrected chi connectivity index (χ2v) is 6.65. The van der Waals surface area contributed by atoms with Crippen LogP contribution in [0.2, 0.25) is 0 Å². The van der Waals surface area contributed by atoms with Crippen molar-refractivity contribution in [3.63, 3.8) is 0 Å². The van der Waals surface area contributed by atoms with Crippen LogP contribution in [0.15, 0.2) is 0 Å². The van der Waals surface area contributed by atoms with Crippen molar-refractivity contribution in [2.45, 2.75) is 52.4 Å². The third-order valence-corrected chi connectivity index (χ3v) is 4.80. The highest BCUT2D eigenvalue weighted by atomic mass is 16.2. The fourth-order valence-electron chi connectivity index (χ4n) is 3.10. The first kappa shape index (κ1) is 18.4. The molecule has 1 atom stereocenters. The van der Waals surface area contributed by atoms with Gasteiger partial charge in [-0.05, 0) is 51.2 Å². The number of nitrogens with two attached hydrogens (primary N) is 1. The van der Waals surface area contributed by atoms with Crippen molar-refractivity contribution in [3.8, 4) is 0 Å². The molecule has 1 saturated heterocycles. The molecule has 4 heteroatoms. The molecule has 0 aromatic rings. The van der Waals surface area contributed by atoms with Crippen LogP contribution in [0.25, 0.3) is 0 Å². The van der Waals surface area contributed by atoms with Crippen LogP contribution in [0.5, 0.6) is 0 Å². The lowest BCUT2D eigenvalue weighted by Crippen LogP contribution is -2.42. The van der Waals surface area contributed by atoms with Gasteiger partial charge < -0.3 is 15.5 Å². The van der Waals surface area contributed by atoms with Crippen LogP contribution < -0.4 is 5.73 Å². The van der Waals surface area contributed by atoms with E-state index in [1.54, 1.807) is 0 Å². The number of piperidine rings is 1. The number of unbranched alkanes of at least 4 members (excludes halogenated alkanes) is 1. The van der Waals surface area contributed by atoms with Crippen LogP contribution in [-0.4, -0.2) is 55.5 Å². The molecule has 2 N–H and O–H groups in total. The van der Waals surface area contributed by atoms with Crippen LogP contribution in [0.4, 0.5) is 0 Å². The molecule has 21 heavy (non-hydrogen) atoms. The van der Waals surface area contributed by atoms with Crippen molar-refractivity contribution in [3.05, 3.63) is 0 Å². The van der Waals surface area contributed by atoms with Crippen molar-refractivity contribution in [1.82, 2.24) is 9.80 Å². The predicted octanol–water partition coefficient (Wildman–Crippen LogP) is 2.33. The molecule has 124 valence electrons. The van der Waals surface area contributed by atoms with E-state index in [1.165, 1.54) is 25.9 Å². The van der Waals surface area contributed by atoms with Crippen LogP contribution in [0.1, 0.15) is 52.4 Å². The molecule has 1 aliphatic rings. The Balaban J connectivity index is 2.26. The quantitative estimate of drug-likeness (QED) is 0.710. The molecule has 0 spiro atoms. The topological polar surface area (TPSA) is 49.6 Å². The maximum Gasteiger partial charge on any atom is 0.222 e. The summed E-state index contributed by atoms with van der Waals surface area (Å²) < 4.78 is 0. The normalized spacial score (nSPS) is 18.2. The smallest absolute Gasteiger partial charge is 0.222 e. The number of carbonyl (C=O) groups excluding carboxylic acids is 1. The number of rotatable bonds is 9. The van der Waals surface area contributed by atoms with Gasteiger partial charge in [-0.25, -0.2) is 0 Å². The summed E-state index contributed by atoms with van der Waals surface area (Å²) >= 11 is 0. The molecule has 1 heterocycles. The number of carbonyl (C=O) groups is 1. The van der Waals surface area contributed by atoms with Crippen molar-refractivity contribution in [2.24, 2.45) is 17.6 Å². The maximum atomic E-state index is 12.3. The van der Waals surface area contributed by atoms with Crippen LogP contribution >= 0.6 is 0 Å². The number of hydrogen-bond acceptors (Lipinski definition) is 3. The van der Waals surface area contributed by atoms with Gasteiger partial charge in [0.25, 0.3) is 0 Å². The zero-order chi connectivity index (χ0) is 15.7. The standard InChI is InChI=1S/C17H35N3O/c1-4-6-9-19(3)14-16-7-10-20(11-8-16)17(21)12-15(5-2)13-18/h15-16H,4-14,18H2,1-3H3. The molecule has 1 aliphatic heterocycles. The highest BCUT2D eigenvalue weighted by Crippen LogP contribution is 2.20. The Kier molecular flexibility index (Phi) is 8.93. The van der Waals surface area contributed by atoms with Crippen LogP contribution in [0, 0.1) is 11.8 Å². The molecule has 4 nitrogen and oxygen atoms in total. The monoisotopic (exact) mass is 297 g/mol. The second kappa shape index (κ2) is 10.2. The number of hydrogen-bond donors (Lipinski definition) is 1. The highest BCUT2D eigenvalue weighted by molar-refractivity contribution is 5.76. The summed E-state index contributed by atoms with van der Waals surface area (Å²) in [6.45, 7) is 9.23. The average molecular weight is 297 g/mol. The molecule has 0 saturated carbocycles. The molecule has 1 unspecified atom stereocenters. The van der Waals surface area contributed by atoms with Gasteiger partial charge in [0.1, 0.15) is 0 Å². The Bertz CT molecular complexity index is 284. The minimum absolute atomic E-state index is 0.310. The number of nitrogens with zero attached hydrogens (tertiary/aromatic N) is 2. The lowest BCUT2D eigenvalue weighted by atomic mass is 9.95. The fourth-order valence-corrected chi connectivity index (χ4v) is 3.10. The second-order valence-electron chi connectivity index (χ2n) is 6.65. The maximum absolute atomic E-state index is 12.3. The Hall–Kier alpha value is -0.610. The number of likely N-dealkylation sites (tertiary alicyclic amines) is 1. The Morgan fingerprint density at radius 1 is 1.33 bits per heavy atom. The van der Waals surface area contributed by atoms with E-state index in [1.807, 2.05) is 0 Å². The van der Waals surface area contributed by atoms with E-state index in [0.717, 1.165) is 38.3 Å². The molecule has 1 fully saturated rings. The van der Waals surface area contributed by atoms with Gasteiger partial charge in [0.2, 0.25) is 5.91 Å². The van der Waals surface area contributed by atoms with Crippen molar-refractivity contribution in [1.29, 1.82) is 0 Å². The summed E-state index contributed by atoms with van der Waals surface area (Å²) in [5.41, 5.74) is 5.70. The number of amides is 1. The molecule has 1 rings (SSSR count). The minimum atomic E-state index is 0.310. The first-order valence-electron chi connectivity index (χ1n) is 8.77. The third kappa shape index (κ3) is 6.79. The van der Waals surface area contributed by atoms with E-state index < -0.39 is 0 Å². The van der Waals surface area contributed by atoms with Gasteiger partial charge in [-0.15, -0.1) is 0 Å². The van der Waals surface area contributed by atoms with E-state index >= 15 is 0 Å². The zero-order valence-electron chi connectivity index (χ0n) is 14.3. The summed E-state index contributed by atoms with van der Waals surface area (Å²) in [6, 6.07) is 0. The van der Waals surface area contributed by atoms with Gasteiger partial charge in [-0.3, -0.25) is 4.79 Å². The van der Waals surface area contributed by atoms with Crippen molar-refractivity contribution >= 4 is 5.91 Å². The molecule has 0 aromatic heterocycles. The van der Waals surface area contributed by atoms with Gasteiger partial charge in [-0.2, -0.15) is 0 Å². The summed E-state index contributed by atoms with van der Waals surface area (Å²) in [7, 11) is 2.22. The van der Waals surface area contributed by atoms with Crippen LogP contribution in [-0.2, 0) is 4.79 Å². The van der Waals surface area contributed by atoms with Gasteiger partial charge in [-0.1, -0.05) is 26.7 Å². The molecule has 0 aliphatic carbocycles. The van der Waals surface area contributed by atoms with E-state index in [-0.39, 0.29) is 0 Å². The zero-order valence-corrected chi connectivity index (χ0v) is 14.3. The lowest BCUT2D eigenvalue weighted by Gasteiger charge is -2.34. The summed E-state index contributed by atoms with van der Waals surface area (Å²) in [5.74, 6) is 1.42. The van der Waals surface area contributed by atoms with Gasteiger partial charge in [0, 0.05) is 26.1 Å². The van der Waals surface area contributed by atoms with Crippen molar-refractivity contribution in [2.75, 3.05) is 39.8 Å². The summed E-state index contributed by atoms with van der Waals surface area (Å²) in [6.07, 6.45) is 6.49. The fraction of sp³-hybridized carbons (Fsp3) is 0.941. The largest absolute Gasteiger partial charge is 0.343 e. The van der Waals surface area contributed by atoms with E-state index in [4.69, 9.17) is 5.73 Å². The summed E-state index contributed by atoms with van der Waals surface area (Å²) in [4.78, 5) is 16.8. The Morgan fingerprint density at radius 3 is 2.52 bits per heavy atom. The summed E-state index contributed by atoms with van der Waals surface area (Å²) in [5, 5.41) is 0. The minimum Gasteiger partial charge on any atom is -0.343 e. The highest BCUT2D eigenvalue weighted by Gasteiger charge is 2.24. The van der Waals surface area contributed by atoms with Gasteiger partial charge in [0.15, 0.2) is 0 Å². The predicted molar refractivity (Wildman–Crippen MR) is 89.2 cm³/mol. The lowest BCUT2D eigenvalue weighted by molar-refractivity contribution is -0.133. The Labute approximate surface area is 131 Å². The molecule has 0 aromatic carbocycles. The van der Waals surface area contributed by atoms with E-state index in [9.17, 15) is 4.79 Å². The van der Waals surface area contributed by atoms with E-state index in [0.29, 0.717) is 24.8 Å². The molecule has 0 radical (unpaired) electrons. The third-order valence-electron chi connectivity index (χ3n) is 4.80. The Morgan fingerprint density at radius 2 is 2.00 bits per heavy atom. The SMILES string of the molecule is CCCCN(C)CC1CCN(C(=O)CC(CC)CN)CC1. The van der Waals surface area contributed by atoms with Crippen LogP contribution in [0.3, 0.4) is 0 Å². The molecular weight excluding hydrogens is 262 g/mol. The van der Waals surface area contributed by atoms with E-state index in [2.05, 4.69) is 30.7 Å². The molecular formula is C17H35N3O. The van der Waals surface area contributed by atoms with Gasteiger partial charge in [0.05, 0.1) is 0 Å². The van der Waals surface area contributed by atoms with Crippen molar-refractivity contribution < 1.29 is 4.79 Å². The molecule has 1 amide bonds.